The molecule has 0 amide bonds. The van der Waals surface area contributed by atoms with E-state index < -0.39 is 0 Å². The van der Waals surface area contributed by atoms with E-state index in [1.54, 1.807) is 0 Å². The number of ether oxygens (including phenoxy) is 6. The zero-order valence-electron chi connectivity index (χ0n) is 48.0. The summed E-state index contributed by atoms with van der Waals surface area (Å²) in [4.78, 5) is 0. The van der Waals surface area contributed by atoms with Gasteiger partial charge in [0.05, 0.1) is 46.2 Å². The second-order valence-electron chi connectivity index (χ2n) is 19.5. The Kier molecular flexibility index (Phi) is 35.8. The van der Waals surface area contributed by atoms with Crippen molar-refractivity contribution in [3.63, 3.8) is 0 Å². The minimum absolute atomic E-state index is 0.190. The number of rotatable bonds is 34. The van der Waals surface area contributed by atoms with Gasteiger partial charge in [0.2, 0.25) is 0 Å². The normalized spacial score (nSPS) is 10.5. The highest BCUT2D eigenvalue weighted by molar-refractivity contribution is 5.31. The van der Waals surface area contributed by atoms with E-state index in [0.717, 1.165) is 81.2 Å². The summed E-state index contributed by atoms with van der Waals surface area (Å²) in [6, 6.07) is 64.6. The molecule has 0 saturated carbocycles. The third kappa shape index (κ3) is 31.1. The summed E-state index contributed by atoms with van der Waals surface area (Å²) >= 11 is 0. The van der Waals surface area contributed by atoms with Crippen LogP contribution in [0.2, 0.25) is 0 Å². The largest absolute Gasteiger partial charge is 0.494 e. The lowest BCUT2D eigenvalue weighted by Crippen LogP contribution is -2.06. The average molecular weight is 1060 g/mol. The molecule has 7 heteroatoms. The predicted octanol–water partition coefficient (Wildman–Crippen LogP) is 17.5. The molecular formula is C71H94O7. The molecular weight excluding hydrogens is 965 g/mol. The molecule has 7 rings (SSSR count). The van der Waals surface area contributed by atoms with E-state index >= 15 is 0 Å². The van der Waals surface area contributed by atoms with Crippen LogP contribution in [0, 0.1) is 0 Å². The van der Waals surface area contributed by atoms with Crippen molar-refractivity contribution in [2.75, 3.05) is 46.2 Å². The van der Waals surface area contributed by atoms with Crippen LogP contribution in [0.3, 0.4) is 0 Å². The van der Waals surface area contributed by atoms with Crippen molar-refractivity contribution in [1.82, 2.24) is 0 Å². The number of aliphatic hydroxyl groups is 1. The third-order valence-electron chi connectivity index (χ3n) is 12.6. The lowest BCUT2D eigenvalue weighted by molar-refractivity contribution is 0.0889. The fourth-order valence-electron chi connectivity index (χ4n) is 8.15. The van der Waals surface area contributed by atoms with Crippen molar-refractivity contribution in [2.45, 2.75) is 144 Å². The Balaban J connectivity index is 0.000000226. The van der Waals surface area contributed by atoms with E-state index in [1.807, 2.05) is 60.7 Å². The Morgan fingerprint density at radius 3 is 0.949 bits per heavy atom. The van der Waals surface area contributed by atoms with Gasteiger partial charge in [-0.25, -0.2) is 0 Å². The molecule has 78 heavy (non-hydrogen) atoms. The molecule has 0 saturated heterocycles. The SMILES string of the molecule is CCCCc1cccc(OCCCO)c1.CCCCc1cccc(OCCCOCc2ccccc2)c1.CCCCc1cccc(OCCCc2ccccc2)c1.CCCCc1cccc(OCCOCc2ccccc2)c1. The van der Waals surface area contributed by atoms with Gasteiger partial charge < -0.3 is 33.5 Å². The molecule has 7 aromatic carbocycles. The van der Waals surface area contributed by atoms with Crippen LogP contribution in [0.4, 0.5) is 0 Å². The highest BCUT2D eigenvalue weighted by Gasteiger charge is 2.02. The van der Waals surface area contributed by atoms with Gasteiger partial charge in [0, 0.05) is 19.4 Å². The maximum Gasteiger partial charge on any atom is 0.119 e. The molecule has 7 nitrogen and oxygen atoms in total. The van der Waals surface area contributed by atoms with Crippen LogP contribution < -0.4 is 18.9 Å². The molecule has 0 atom stereocenters. The standard InChI is InChI=1S/C20H26O2.C19H24O2.C19H24O.C13H20O2/c1-2-3-9-18-12-7-13-20(16-18)22-15-8-14-21-17-19-10-5-4-6-11-19;1-2-3-8-17-11-7-12-19(15-17)21-14-13-20-16-18-9-5-4-6-10-18;1-2-3-9-18-12-7-14-19(16-18)20-15-8-13-17-10-5-4-6-11-17;1-2-3-6-12-7-4-8-13(11-12)15-10-5-9-14/h4-7,10-13,16H,2-3,8-9,14-15,17H2,1H3;4-7,9-12,15H,2-3,8,13-14,16H2,1H3;4-7,10-12,14,16H,2-3,8-9,13,15H2,1H3;4,7-8,11,14H,2-3,5-6,9-10H2,1H3. The number of unbranched alkanes of at least 4 members (excludes halogenated alkanes) is 4. The predicted molar refractivity (Wildman–Crippen MR) is 325 cm³/mol. The van der Waals surface area contributed by atoms with Gasteiger partial charge in [-0.15, -0.1) is 0 Å². The summed E-state index contributed by atoms with van der Waals surface area (Å²) in [5.41, 5.74) is 9.21. The first-order valence-corrected chi connectivity index (χ1v) is 29.3. The van der Waals surface area contributed by atoms with Gasteiger partial charge in [0.25, 0.3) is 0 Å². The molecule has 0 aliphatic heterocycles. The quantitative estimate of drug-likeness (QED) is 0.0403. The summed E-state index contributed by atoms with van der Waals surface area (Å²) in [5, 5.41) is 8.64. The molecule has 420 valence electrons. The van der Waals surface area contributed by atoms with Crippen LogP contribution >= 0.6 is 0 Å². The highest BCUT2D eigenvalue weighted by Crippen LogP contribution is 2.19. The fraction of sp³-hybridized carbons (Fsp3) is 0.408. The van der Waals surface area contributed by atoms with Gasteiger partial charge in [-0.05, 0) is 152 Å². The number of hydrogen-bond acceptors (Lipinski definition) is 7. The zero-order valence-corrected chi connectivity index (χ0v) is 48.0. The van der Waals surface area contributed by atoms with E-state index in [-0.39, 0.29) is 6.61 Å². The molecule has 0 aromatic heterocycles. The van der Waals surface area contributed by atoms with E-state index in [9.17, 15) is 0 Å². The second-order valence-corrected chi connectivity index (χ2v) is 19.5. The maximum atomic E-state index is 8.64. The molecule has 0 spiro atoms. The molecule has 0 aliphatic rings. The lowest BCUT2D eigenvalue weighted by atomic mass is 10.1. The van der Waals surface area contributed by atoms with Crippen molar-refractivity contribution in [2.24, 2.45) is 0 Å². The Morgan fingerprint density at radius 2 is 0.577 bits per heavy atom. The van der Waals surface area contributed by atoms with Gasteiger partial charge in [-0.1, -0.05) is 193 Å². The second kappa shape index (κ2) is 43.6. The monoisotopic (exact) mass is 1060 g/mol. The van der Waals surface area contributed by atoms with E-state index in [0.29, 0.717) is 46.1 Å². The van der Waals surface area contributed by atoms with Crippen LogP contribution in [-0.4, -0.2) is 51.4 Å². The van der Waals surface area contributed by atoms with Crippen LogP contribution in [0.25, 0.3) is 0 Å². The van der Waals surface area contributed by atoms with E-state index in [4.69, 9.17) is 33.5 Å². The Hall–Kier alpha value is -6.38. The van der Waals surface area contributed by atoms with Crippen molar-refractivity contribution >= 4 is 0 Å². The number of hydrogen-bond donors (Lipinski definition) is 1. The number of benzene rings is 7. The molecule has 0 bridgehead atoms. The highest BCUT2D eigenvalue weighted by atomic mass is 16.5. The van der Waals surface area contributed by atoms with Crippen molar-refractivity contribution in [3.8, 4) is 23.0 Å². The minimum atomic E-state index is 0.190. The summed E-state index contributed by atoms with van der Waals surface area (Å²) in [6.45, 7) is 14.4. The van der Waals surface area contributed by atoms with E-state index in [1.165, 1.54) is 90.3 Å². The summed E-state index contributed by atoms with van der Waals surface area (Å²) in [7, 11) is 0. The van der Waals surface area contributed by atoms with Crippen LogP contribution in [0.5, 0.6) is 23.0 Å². The van der Waals surface area contributed by atoms with Gasteiger partial charge in [-0.3, -0.25) is 0 Å². The Bertz CT molecular complexity index is 2480. The molecule has 0 aliphatic carbocycles. The molecule has 0 fully saturated rings. The van der Waals surface area contributed by atoms with Gasteiger partial charge >= 0.3 is 0 Å². The summed E-state index contributed by atoms with van der Waals surface area (Å²) in [5.74, 6) is 3.83. The summed E-state index contributed by atoms with van der Waals surface area (Å²) < 4.78 is 34.2. The first kappa shape index (κ1) is 64.1. The van der Waals surface area contributed by atoms with Crippen LogP contribution in [0.15, 0.2) is 188 Å². The number of aryl methyl sites for hydroxylation is 5. The minimum Gasteiger partial charge on any atom is -0.494 e. The van der Waals surface area contributed by atoms with E-state index in [2.05, 4.69) is 155 Å². The zero-order chi connectivity index (χ0) is 55.2. The fourth-order valence-corrected chi connectivity index (χ4v) is 8.15. The van der Waals surface area contributed by atoms with Crippen molar-refractivity contribution < 1.29 is 33.5 Å². The maximum absolute atomic E-state index is 8.64. The van der Waals surface area contributed by atoms with Gasteiger partial charge in [-0.2, -0.15) is 0 Å². The molecule has 0 heterocycles. The third-order valence-corrected chi connectivity index (χ3v) is 12.6. The Morgan fingerprint density at radius 1 is 0.269 bits per heavy atom. The Labute approximate surface area is 471 Å². The van der Waals surface area contributed by atoms with Crippen molar-refractivity contribution in [3.05, 3.63) is 227 Å². The molecule has 7 aromatic rings. The first-order chi connectivity index (χ1) is 38.5. The molecule has 0 unspecified atom stereocenters. The smallest absolute Gasteiger partial charge is 0.119 e. The molecule has 0 radical (unpaired) electrons. The van der Waals surface area contributed by atoms with Crippen molar-refractivity contribution in [1.29, 1.82) is 0 Å². The van der Waals surface area contributed by atoms with Crippen LogP contribution in [-0.2, 0) is 54.8 Å². The summed E-state index contributed by atoms with van der Waals surface area (Å²) in [6.07, 6.45) is 18.1. The first-order valence-electron chi connectivity index (χ1n) is 29.3. The average Bonchev–Trinajstić information content (AvgIpc) is 3.49. The van der Waals surface area contributed by atoms with Gasteiger partial charge in [0.1, 0.15) is 29.6 Å². The molecule has 1 N–H and O–H groups in total. The van der Waals surface area contributed by atoms with Gasteiger partial charge in [0.15, 0.2) is 0 Å². The topological polar surface area (TPSA) is 75.6 Å². The number of aliphatic hydroxyl groups excluding tert-OH is 1. The van der Waals surface area contributed by atoms with Crippen LogP contribution in [0.1, 0.15) is 137 Å². The lowest BCUT2D eigenvalue weighted by Gasteiger charge is -2.09.